The Balaban J connectivity index is 1.69. The minimum absolute atomic E-state index is 0.0455. The summed E-state index contributed by atoms with van der Waals surface area (Å²) in [6, 6.07) is 3.11. The molecule has 0 saturated carbocycles. The Kier molecular flexibility index (Phi) is 6.80. The van der Waals surface area contributed by atoms with Gasteiger partial charge in [0.15, 0.2) is 0 Å². The van der Waals surface area contributed by atoms with Crippen LogP contribution in [-0.2, 0) is 16.1 Å². The normalized spacial score (nSPS) is 22.0. The molecule has 0 aromatic carbocycles. The average Bonchev–Trinajstić information content (AvgIpc) is 2.46. The highest BCUT2D eigenvalue weighted by Gasteiger charge is 2.21. The number of pyridine rings is 1. The standard InChI is InChI=1S/C16H24BrN3O3/c1-12-8-19(9-13(2)23-12)7-3-6-18-15(21)11-20-10-14(17)4-5-16(20)22/h4-5,10,12-13H,3,6-9,11H2,1-2H3,(H,18,21). The van der Waals surface area contributed by atoms with Gasteiger partial charge in [0.1, 0.15) is 6.54 Å². The summed E-state index contributed by atoms with van der Waals surface area (Å²) in [5.41, 5.74) is -0.181. The van der Waals surface area contributed by atoms with Crippen molar-refractivity contribution in [3.8, 4) is 0 Å². The molecule has 0 bridgehead atoms. The van der Waals surface area contributed by atoms with E-state index in [-0.39, 0.29) is 30.2 Å². The molecule has 2 unspecified atom stereocenters. The molecule has 23 heavy (non-hydrogen) atoms. The topological polar surface area (TPSA) is 63.6 Å². The summed E-state index contributed by atoms with van der Waals surface area (Å²) in [6.07, 6.45) is 3.03. The predicted molar refractivity (Wildman–Crippen MR) is 92.5 cm³/mol. The molecule has 128 valence electrons. The second-order valence-electron chi connectivity index (χ2n) is 6.03. The lowest BCUT2D eigenvalue weighted by Gasteiger charge is -2.35. The van der Waals surface area contributed by atoms with Crippen LogP contribution in [0.3, 0.4) is 0 Å². The van der Waals surface area contributed by atoms with E-state index in [1.54, 1.807) is 12.3 Å². The maximum Gasteiger partial charge on any atom is 0.251 e. The molecule has 0 aliphatic carbocycles. The molecule has 2 rings (SSSR count). The monoisotopic (exact) mass is 385 g/mol. The zero-order chi connectivity index (χ0) is 16.8. The predicted octanol–water partition coefficient (Wildman–Crippen LogP) is 1.23. The smallest absolute Gasteiger partial charge is 0.251 e. The Morgan fingerprint density at radius 2 is 2.04 bits per heavy atom. The van der Waals surface area contributed by atoms with Crippen LogP contribution >= 0.6 is 15.9 Å². The number of rotatable bonds is 6. The fraction of sp³-hybridized carbons (Fsp3) is 0.625. The van der Waals surface area contributed by atoms with Gasteiger partial charge in [0.05, 0.1) is 12.2 Å². The van der Waals surface area contributed by atoms with Crippen molar-refractivity contribution in [1.82, 2.24) is 14.8 Å². The van der Waals surface area contributed by atoms with Gasteiger partial charge in [-0.3, -0.25) is 14.5 Å². The first-order chi connectivity index (χ1) is 10.9. The van der Waals surface area contributed by atoms with Crippen LogP contribution in [0.25, 0.3) is 0 Å². The Morgan fingerprint density at radius 1 is 1.35 bits per heavy atom. The van der Waals surface area contributed by atoms with Crippen LogP contribution in [-0.4, -0.2) is 53.8 Å². The van der Waals surface area contributed by atoms with Gasteiger partial charge >= 0.3 is 0 Å². The molecule has 1 saturated heterocycles. The minimum Gasteiger partial charge on any atom is -0.373 e. The number of halogens is 1. The lowest BCUT2D eigenvalue weighted by molar-refractivity contribution is -0.121. The van der Waals surface area contributed by atoms with Crippen molar-refractivity contribution in [2.75, 3.05) is 26.2 Å². The van der Waals surface area contributed by atoms with E-state index in [1.807, 2.05) is 0 Å². The van der Waals surface area contributed by atoms with Gasteiger partial charge in [-0.05, 0) is 42.3 Å². The van der Waals surface area contributed by atoms with Crippen molar-refractivity contribution in [3.63, 3.8) is 0 Å². The van der Waals surface area contributed by atoms with E-state index < -0.39 is 0 Å². The first kappa shape index (κ1) is 18.2. The number of hydrogen-bond acceptors (Lipinski definition) is 4. The number of morpholine rings is 1. The summed E-state index contributed by atoms with van der Waals surface area (Å²) in [4.78, 5) is 25.9. The zero-order valence-corrected chi connectivity index (χ0v) is 15.2. The van der Waals surface area contributed by atoms with Gasteiger partial charge in [-0.2, -0.15) is 0 Å². The van der Waals surface area contributed by atoms with Gasteiger partial charge in [-0.15, -0.1) is 0 Å². The van der Waals surface area contributed by atoms with Crippen molar-refractivity contribution >= 4 is 21.8 Å². The molecule has 1 aromatic heterocycles. The highest BCUT2D eigenvalue weighted by atomic mass is 79.9. The molecule has 2 heterocycles. The number of aromatic nitrogens is 1. The summed E-state index contributed by atoms with van der Waals surface area (Å²) in [5, 5.41) is 2.87. The van der Waals surface area contributed by atoms with Gasteiger partial charge < -0.3 is 14.6 Å². The fourth-order valence-corrected chi connectivity index (χ4v) is 3.21. The summed E-state index contributed by atoms with van der Waals surface area (Å²) < 4.78 is 7.87. The van der Waals surface area contributed by atoms with Crippen LogP contribution in [0, 0.1) is 0 Å². The molecule has 0 radical (unpaired) electrons. The van der Waals surface area contributed by atoms with E-state index in [0.717, 1.165) is 30.5 Å². The van der Waals surface area contributed by atoms with Gasteiger partial charge in [-0.25, -0.2) is 0 Å². The van der Waals surface area contributed by atoms with E-state index in [9.17, 15) is 9.59 Å². The molecule has 6 nitrogen and oxygen atoms in total. The average molecular weight is 386 g/mol. The van der Waals surface area contributed by atoms with Crippen molar-refractivity contribution in [1.29, 1.82) is 0 Å². The van der Waals surface area contributed by atoms with Crippen molar-refractivity contribution in [3.05, 3.63) is 33.2 Å². The third kappa shape index (κ3) is 6.08. The van der Waals surface area contributed by atoms with E-state index in [4.69, 9.17) is 4.74 Å². The first-order valence-electron chi connectivity index (χ1n) is 7.94. The highest BCUT2D eigenvalue weighted by molar-refractivity contribution is 9.10. The lowest BCUT2D eigenvalue weighted by Crippen LogP contribution is -2.46. The van der Waals surface area contributed by atoms with E-state index in [0.29, 0.717) is 6.54 Å². The van der Waals surface area contributed by atoms with Gasteiger partial charge in [0, 0.05) is 42.9 Å². The van der Waals surface area contributed by atoms with E-state index in [2.05, 4.69) is 40.0 Å². The molecule has 0 spiro atoms. The third-order valence-electron chi connectivity index (χ3n) is 3.73. The number of carbonyl (C=O) groups excluding carboxylic acids is 1. The number of ether oxygens (including phenoxy) is 1. The Bertz CT molecular complexity index is 580. The number of hydrogen-bond donors (Lipinski definition) is 1. The van der Waals surface area contributed by atoms with Crippen LogP contribution in [0.2, 0.25) is 0 Å². The molecule has 1 fully saturated rings. The van der Waals surface area contributed by atoms with Crippen LogP contribution in [0.5, 0.6) is 0 Å². The summed E-state index contributed by atoms with van der Waals surface area (Å²) in [7, 11) is 0. The van der Waals surface area contributed by atoms with Gasteiger partial charge in [-0.1, -0.05) is 0 Å². The molecule has 1 amide bonds. The van der Waals surface area contributed by atoms with E-state index in [1.165, 1.54) is 10.6 Å². The molecule has 1 aromatic rings. The molecule has 1 aliphatic heterocycles. The maximum atomic E-state index is 11.9. The molecular formula is C16H24BrN3O3. The molecular weight excluding hydrogens is 362 g/mol. The number of amides is 1. The molecule has 7 heteroatoms. The lowest BCUT2D eigenvalue weighted by atomic mass is 10.2. The maximum absolute atomic E-state index is 11.9. The Hall–Kier alpha value is -1.18. The number of nitrogens with one attached hydrogen (secondary N) is 1. The van der Waals surface area contributed by atoms with Crippen LogP contribution in [0.4, 0.5) is 0 Å². The number of carbonyl (C=O) groups is 1. The second kappa shape index (κ2) is 8.61. The van der Waals surface area contributed by atoms with E-state index >= 15 is 0 Å². The largest absolute Gasteiger partial charge is 0.373 e. The first-order valence-corrected chi connectivity index (χ1v) is 8.74. The van der Waals surface area contributed by atoms with Crippen LogP contribution in [0.15, 0.2) is 27.6 Å². The third-order valence-corrected chi connectivity index (χ3v) is 4.20. The second-order valence-corrected chi connectivity index (χ2v) is 6.95. The van der Waals surface area contributed by atoms with Crippen LogP contribution in [0.1, 0.15) is 20.3 Å². The van der Waals surface area contributed by atoms with Gasteiger partial charge in [0.2, 0.25) is 5.91 Å². The molecule has 1 aliphatic rings. The fourth-order valence-electron chi connectivity index (χ4n) is 2.83. The summed E-state index contributed by atoms with van der Waals surface area (Å²) in [5.74, 6) is -0.145. The van der Waals surface area contributed by atoms with Crippen molar-refractivity contribution in [2.24, 2.45) is 0 Å². The summed E-state index contributed by atoms with van der Waals surface area (Å²) >= 11 is 3.30. The van der Waals surface area contributed by atoms with Crippen molar-refractivity contribution < 1.29 is 9.53 Å². The molecule has 2 atom stereocenters. The quantitative estimate of drug-likeness (QED) is 0.747. The highest BCUT2D eigenvalue weighted by Crippen LogP contribution is 2.10. The van der Waals surface area contributed by atoms with Gasteiger partial charge in [0.25, 0.3) is 5.56 Å². The Labute approximate surface area is 144 Å². The molecule has 1 N–H and O–H groups in total. The minimum atomic E-state index is -0.181. The van der Waals surface area contributed by atoms with Crippen LogP contribution < -0.4 is 10.9 Å². The number of nitrogens with zero attached hydrogens (tertiary/aromatic N) is 2. The summed E-state index contributed by atoms with van der Waals surface area (Å²) in [6.45, 7) is 7.64. The SMILES string of the molecule is CC1CN(CCCNC(=O)Cn2cc(Br)ccc2=O)CC(C)O1. The Morgan fingerprint density at radius 3 is 2.74 bits per heavy atom. The zero-order valence-electron chi connectivity index (χ0n) is 13.6. The van der Waals surface area contributed by atoms with Crippen molar-refractivity contribution in [2.45, 2.75) is 39.0 Å².